The molecule has 108 valence electrons. The van der Waals surface area contributed by atoms with Crippen LogP contribution in [0.4, 0.5) is 5.69 Å². The van der Waals surface area contributed by atoms with Gasteiger partial charge in [0.1, 0.15) is 0 Å². The van der Waals surface area contributed by atoms with Gasteiger partial charge in [0.05, 0.1) is 8.68 Å². The van der Waals surface area contributed by atoms with Crippen molar-refractivity contribution in [1.82, 2.24) is 4.31 Å². The standard InChI is InChI=1S/C13H15BrN2O2S2/c1-9-12(7-13(14)19-9)20(17,18)16(2)8-10-3-5-11(15)6-4-10/h3-7H,8,15H2,1-2H3. The number of rotatable bonds is 4. The smallest absolute Gasteiger partial charge is 0.244 e. The van der Waals surface area contributed by atoms with Gasteiger partial charge in [-0.1, -0.05) is 12.1 Å². The Labute approximate surface area is 131 Å². The number of sulfonamides is 1. The number of nitrogens with zero attached hydrogens (tertiary/aromatic N) is 1. The predicted molar refractivity (Wildman–Crippen MR) is 86.3 cm³/mol. The van der Waals surface area contributed by atoms with E-state index in [1.165, 1.54) is 15.6 Å². The monoisotopic (exact) mass is 374 g/mol. The van der Waals surface area contributed by atoms with Crippen molar-refractivity contribution in [1.29, 1.82) is 0 Å². The summed E-state index contributed by atoms with van der Waals surface area (Å²) < 4.78 is 27.2. The summed E-state index contributed by atoms with van der Waals surface area (Å²) in [7, 11) is -1.89. The number of anilines is 1. The first-order chi connectivity index (χ1) is 9.30. The summed E-state index contributed by atoms with van der Waals surface area (Å²) in [5.41, 5.74) is 7.19. The zero-order chi connectivity index (χ0) is 14.9. The second kappa shape index (κ2) is 5.85. The summed E-state index contributed by atoms with van der Waals surface area (Å²) in [6.45, 7) is 2.12. The summed E-state index contributed by atoms with van der Waals surface area (Å²) in [5, 5.41) is 0. The number of thiophene rings is 1. The third-order valence-corrected chi connectivity index (χ3v) is 6.53. The molecule has 1 heterocycles. The number of hydrogen-bond donors (Lipinski definition) is 1. The Morgan fingerprint density at radius 2 is 1.90 bits per heavy atom. The molecule has 7 heteroatoms. The van der Waals surface area contributed by atoms with Gasteiger partial charge in [-0.3, -0.25) is 0 Å². The first-order valence-electron chi connectivity index (χ1n) is 5.87. The quantitative estimate of drug-likeness (QED) is 0.835. The second-order valence-corrected chi connectivity index (χ2v) is 9.12. The minimum atomic E-state index is -3.47. The molecule has 0 fully saturated rings. The number of benzene rings is 1. The summed E-state index contributed by atoms with van der Waals surface area (Å²) in [4.78, 5) is 1.13. The van der Waals surface area contributed by atoms with Crippen molar-refractivity contribution in [2.45, 2.75) is 18.4 Å². The number of nitrogen functional groups attached to an aromatic ring is 1. The molecular weight excluding hydrogens is 360 g/mol. The van der Waals surface area contributed by atoms with E-state index >= 15 is 0 Å². The van der Waals surface area contributed by atoms with Crippen molar-refractivity contribution in [2.75, 3.05) is 12.8 Å². The molecule has 0 spiro atoms. The molecule has 0 aliphatic carbocycles. The van der Waals surface area contributed by atoms with Gasteiger partial charge in [0.25, 0.3) is 0 Å². The van der Waals surface area contributed by atoms with Crippen molar-refractivity contribution < 1.29 is 8.42 Å². The Hall–Kier alpha value is -0.890. The van der Waals surface area contributed by atoms with Crippen LogP contribution in [0.15, 0.2) is 39.0 Å². The number of hydrogen-bond acceptors (Lipinski definition) is 4. The Morgan fingerprint density at radius 1 is 1.30 bits per heavy atom. The minimum absolute atomic E-state index is 0.315. The average Bonchev–Trinajstić information content (AvgIpc) is 2.72. The third-order valence-electron chi connectivity index (χ3n) is 2.92. The Kier molecular flexibility index (Phi) is 4.53. The van der Waals surface area contributed by atoms with Gasteiger partial charge in [-0.15, -0.1) is 11.3 Å². The predicted octanol–water partition coefficient (Wildman–Crippen LogP) is 3.22. The molecule has 0 aliphatic rings. The van der Waals surface area contributed by atoms with E-state index in [4.69, 9.17) is 5.73 Å². The largest absolute Gasteiger partial charge is 0.399 e. The molecule has 2 rings (SSSR count). The van der Waals surface area contributed by atoms with Gasteiger partial charge >= 0.3 is 0 Å². The van der Waals surface area contributed by atoms with Crippen molar-refractivity contribution in [2.24, 2.45) is 0 Å². The molecular formula is C13H15BrN2O2S2. The van der Waals surface area contributed by atoms with Gasteiger partial charge in [-0.2, -0.15) is 4.31 Å². The lowest BCUT2D eigenvalue weighted by Gasteiger charge is -2.17. The lowest BCUT2D eigenvalue weighted by molar-refractivity contribution is 0.466. The van der Waals surface area contributed by atoms with Gasteiger partial charge in [-0.25, -0.2) is 8.42 Å². The molecule has 0 radical (unpaired) electrons. The molecule has 1 aromatic carbocycles. The maximum absolute atomic E-state index is 12.5. The summed E-state index contributed by atoms with van der Waals surface area (Å²) in [6, 6.07) is 8.84. The molecule has 20 heavy (non-hydrogen) atoms. The zero-order valence-corrected chi connectivity index (χ0v) is 14.3. The fourth-order valence-corrected chi connectivity index (χ4v) is 5.36. The highest BCUT2D eigenvalue weighted by Gasteiger charge is 2.24. The van der Waals surface area contributed by atoms with E-state index in [0.29, 0.717) is 17.1 Å². The van der Waals surface area contributed by atoms with Crippen LogP contribution in [0, 0.1) is 6.92 Å². The first-order valence-corrected chi connectivity index (χ1v) is 8.92. The molecule has 0 aliphatic heterocycles. The van der Waals surface area contributed by atoms with Gasteiger partial charge in [0.15, 0.2) is 0 Å². The van der Waals surface area contributed by atoms with Crippen LogP contribution in [0.2, 0.25) is 0 Å². The highest BCUT2D eigenvalue weighted by atomic mass is 79.9. The summed E-state index contributed by atoms with van der Waals surface area (Å²) in [5.74, 6) is 0. The second-order valence-electron chi connectivity index (χ2n) is 4.47. The molecule has 0 atom stereocenters. The van der Waals surface area contributed by atoms with E-state index in [2.05, 4.69) is 15.9 Å². The van der Waals surface area contributed by atoms with Crippen LogP contribution in [0.1, 0.15) is 10.4 Å². The third kappa shape index (κ3) is 3.22. The van der Waals surface area contributed by atoms with E-state index in [1.54, 1.807) is 32.2 Å². The molecule has 1 aromatic heterocycles. The maximum Gasteiger partial charge on any atom is 0.244 e. The van der Waals surface area contributed by atoms with Crippen LogP contribution < -0.4 is 5.73 Å². The van der Waals surface area contributed by atoms with Crippen molar-refractivity contribution in [3.63, 3.8) is 0 Å². The van der Waals surface area contributed by atoms with Crippen LogP contribution in [0.3, 0.4) is 0 Å². The molecule has 4 nitrogen and oxygen atoms in total. The average molecular weight is 375 g/mol. The normalized spacial score (nSPS) is 12.0. The van der Waals surface area contributed by atoms with Crippen LogP contribution in [-0.4, -0.2) is 19.8 Å². The van der Waals surface area contributed by atoms with Gasteiger partial charge in [0.2, 0.25) is 10.0 Å². The molecule has 0 saturated heterocycles. The summed E-state index contributed by atoms with van der Waals surface area (Å²) in [6.07, 6.45) is 0. The maximum atomic E-state index is 12.5. The Morgan fingerprint density at radius 3 is 2.40 bits per heavy atom. The molecule has 0 amide bonds. The van der Waals surface area contributed by atoms with Crippen LogP contribution >= 0.6 is 27.3 Å². The van der Waals surface area contributed by atoms with Gasteiger partial charge in [-0.05, 0) is 46.6 Å². The SMILES string of the molecule is Cc1sc(Br)cc1S(=O)(=O)N(C)Cc1ccc(N)cc1. The molecule has 2 aromatic rings. The fraction of sp³-hybridized carbons (Fsp3) is 0.231. The lowest BCUT2D eigenvalue weighted by Crippen LogP contribution is -2.26. The van der Waals surface area contributed by atoms with E-state index in [-0.39, 0.29) is 0 Å². The first kappa shape index (κ1) is 15.5. The van der Waals surface area contributed by atoms with E-state index in [9.17, 15) is 8.42 Å². The molecule has 0 bridgehead atoms. The zero-order valence-electron chi connectivity index (χ0n) is 11.1. The number of nitrogens with two attached hydrogens (primary N) is 1. The fourth-order valence-electron chi connectivity index (χ4n) is 1.82. The molecule has 2 N–H and O–H groups in total. The van der Waals surface area contributed by atoms with Crippen molar-refractivity contribution in [3.05, 3.63) is 44.6 Å². The van der Waals surface area contributed by atoms with Crippen LogP contribution in [0.5, 0.6) is 0 Å². The molecule has 0 unspecified atom stereocenters. The Balaban J connectivity index is 2.25. The van der Waals surface area contributed by atoms with Gasteiger partial charge in [0, 0.05) is 24.2 Å². The topological polar surface area (TPSA) is 63.4 Å². The highest BCUT2D eigenvalue weighted by molar-refractivity contribution is 9.11. The van der Waals surface area contributed by atoms with Crippen molar-refractivity contribution in [3.8, 4) is 0 Å². The minimum Gasteiger partial charge on any atom is -0.399 e. The number of aryl methyl sites for hydroxylation is 1. The van der Waals surface area contributed by atoms with Gasteiger partial charge < -0.3 is 5.73 Å². The van der Waals surface area contributed by atoms with Crippen molar-refractivity contribution >= 4 is 43.0 Å². The van der Waals surface area contributed by atoms with E-state index < -0.39 is 10.0 Å². The Bertz CT molecular complexity index is 708. The summed E-state index contributed by atoms with van der Waals surface area (Å²) >= 11 is 4.74. The molecule has 0 saturated carbocycles. The van der Waals surface area contributed by atoms with Crippen LogP contribution in [-0.2, 0) is 16.6 Å². The lowest BCUT2D eigenvalue weighted by atomic mass is 10.2. The number of halogens is 1. The van der Waals surface area contributed by atoms with Crippen LogP contribution in [0.25, 0.3) is 0 Å². The highest BCUT2D eigenvalue weighted by Crippen LogP contribution is 2.31. The van der Waals surface area contributed by atoms with E-state index in [1.807, 2.05) is 12.1 Å². The van der Waals surface area contributed by atoms with E-state index in [0.717, 1.165) is 14.2 Å².